The number of carbonyl (C=O) groups excluding carboxylic acids is 1. The van der Waals surface area contributed by atoms with Gasteiger partial charge in [0.05, 0.1) is 12.7 Å². The van der Waals surface area contributed by atoms with E-state index in [1.165, 1.54) is 7.11 Å². The predicted molar refractivity (Wildman–Crippen MR) is 79.5 cm³/mol. The Bertz CT molecular complexity index is 424. The predicted octanol–water partition coefficient (Wildman–Crippen LogP) is 3.73. The van der Waals surface area contributed by atoms with Gasteiger partial charge in [0.15, 0.2) is 0 Å². The minimum absolute atomic E-state index is 0.146. The third-order valence-electron chi connectivity index (χ3n) is 2.83. The smallest absolute Gasteiger partial charge is 0.255 e. The lowest BCUT2D eigenvalue weighted by molar-refractivity contribution is 0.0949. The molecular weight excluding hydrogens is 285 g/mol. The summed E-state index contributed by atoms with van der Waals surface area (Å²) in [7, 11) is 1.52. The lowest BCUT2D eigenvalue weighted by Gasteiger charge is -2.10. The molecule has 1 aromatic carbocycles. The van der Waals surface area contributed by atoms with Crippen LogP contribution in [-0.2, 0) is 0 Å². The Labute approximate surface area is 124 Å². The minimum atomic E-state index is -0.146. The Balaban J connectivity index is 2.49. The lowest BCUT2D eigenvalue weighted by atomic mass is 10.1. The number of nitrogens with one attached hydrogen (secondary N) is 1. The molecular formula is C14H19Cl2NO2. The van der Waals surface area contributed by atoms with Crippen molar-refractivity contribution in [3.05, 3.63) is 28.8 Å². The maximum atomic E-state index is 12.0. The number of methoxy groups -OCH3 is 1. The number of amides is 1. The van der Waals surface area contributed by atoms with Gasteiger partial charge in [-0.1, -0.05) is 18.5 Å². The van der Waals surface area contributed by atoms with E-state index in [1.54, 1.807) is 18.2 Å². The average molecular weight is 304 g/mol. The molecule has 3 nitrogen and oxygen atoms in total. The first-order valence-electron chi connectivity index (χ1n) is 6.26. The van der Waals surface area contributed by atoms with Gasteiger partial charge >= 0.3 is 0 Å². The fraction of sp³-hybridized carbons (Fsp3) is 0.500. The van der Waals surface area contributed by atoms with Crippen LogP contribution >= 0.6 is 23.2 Å². The Hall–Kier alpha value is -0.930. The molecule has 1 rings (SSSR count). The highest BCUT2D eigenvalue weighted by molar-refractivity contribution is 6.30. The van der Waals surface area contributed by atoms with Crippen molar-refractivity contribution in [2.45, 2.75) is 19.8 Å². The van der Waals surface area contributed by atoms with Gasteiger partial charge in [0.25, 0.3) is 5.91 Å². The van der Waals surface area contributed by atoms with Crippen molar-refractivity contribution in [3.8, 4) is 5.75 Å². The highest BCUT2D eigenvalue weighted by Gasteiger charge is 2.12. The number of carbonyl (C=O) groups is 1. The highest BCUT2D eigenvalue weighted by Crippen LogP contribution is 2.22. The van der Waals surface area contributed by atoms with Gasteiger partial charge in [0.1, 0.15) is 5.75 Å². The Morgan fingerprint density at radius 1 is 1.47 bits per heavy atom. The van der Waals surface area contributed by atoms with E-state index in [4.69, 9.17) is 27.9 Å². The number of alkyl halides is 1. The molecule has 5 heteroatoms. The van der Waals surface area contributed by atoms with Crippen molar-refractivity contribution in [2.75, 3.05) is 19.5 Å². The van der Waals surface area contributed by atoms with Crippen molar-refractivity contribution >= 4 is 29.1 Å². The zero-order valence-electron chi connectivity index (χ0n) is 11.2. The molecule has 0 aliphatic carbocycles. The van der Waals surface area contributed by atoms with Crippen LogP contribution in [0.15, 0.2) is 18.2 Å². The van der Waals surface area contributed by atoms with Crippen molar-refractivity contribution in [3.63, 3.8) is 0 Å². The molecule has 1 aromatic rings. The van der Waals surface area contributed by atoms with Crippen molar-refractivity contribution < 1.29 is 9.53 Å². The van der Waals surface area contributed by atoms with E-state index < -0.39 is 0 Å². The summed E-state index contributed by atoms with van der Waals surface area (Å²) < 4.78 is 5.15. The van der Waals surface area contributed by atoms with Crippen molar-refractivity contribution in [2.24, 2.45) is 5.92 Å². The molecule has 0 aliphatic heterocycles. The fourth-order valence-electron chi connectivity index (χ4n) is 1.68. The van der Waals surface area contributed by atoms with Crippen molar-refractivity contribution in [1.29, 1.82) is 0 Å². The summed E-state index contributed by atoms with van der Waals surface area (Å²) in [5.74, 6) is 1.47. The van der Waals surface area contributed by atoms with E-state index in [-0.39, 0.29) is 5.91 Å². The number of rotatable bonds is 7. The summed E-state index contributed by atoms with van der Waals surface area (Å²) in [6.45, 7) is 2.73. The monoisotopic (exact) mass is 303 g/mol. The van der Waals surface area contributed by atoms with Crippen LogP contribution < -0.4 is 10.1 Å². The summed E-state index contributed by atoms with van der Waals surface area (Å²) in [5.41, 5.74) is 0.497. The van der Waals surface area contributed by atoms with Crippen molar-refractivity contribution in [1.82, 2.24) is 5.32 Å². The molecule has 0 saturated heterocycles. The topological polar surface area (TPSA) is 38.3 Å². The Morgan fingerprint density at radius 3 is 2.84 bits per heavy atom. The summed E-state index contributed by atoms with van der Waals surface area (Å²) in [6, 6.07) is 4.97. The lowest BCUT2D eigenvalue weighted by Crippen LogP contribution is -2.25. The quantitative estimate of drug-likeness (QED) is 0.615. The fourth-order valence-corrected chi connectivity index (χ4v) is 1.99. The van der Waals surface area contributed by atoms with Crippen LogP contribution in [0.1, 0.15) is 30.1 Å². The standard InChI is InChI=1S/C14H19Cl2NO2/c1-10(9-15)4-3-7-17-14(18)12-6-5-11(16)8-13(12)19-2/h5-6,8,10H,3-4,7,9H2,1-2H3,(H,17,18). The van der Waals surface area contributed by atoms with Crippen LogP contribution in [0.3, 0.4) is 0 Å². The SMILES string of the molecule is COc1cc(Cl)ccc1C(=O)NCCCC(C)CCl. The van der Waals surface area contributed by atoms with Gasteiger partial charge in [0, 0.05) is 17.4 Å². The molecule has 0 fully saturated rings. The molecule has 1 amide bonds. The second-order valence-corrected chi connectivity index (χ2v) is 5.25. The molecule has 106 valence electrons. The van der Waals surface area contributed by atoms with E-state index in [1.807, 2.05) is 0 Å². The van der Waals surface area contributed by atoms with Gasteiger partial charge in [-0.05, 0) is 37.0 Å². The summed E-state index contributed by atoms with van der Waals surface area (Å²) in [5, 5.41) is 3.41. The molecule has 1 unspecified atom stereocenters. The third kappa shape index (κ3) is 5.29. The summed E-state index contributed by atoms with van der Waals surface area (Å²) in [6.07, 6.45) is 1.91. The Kier molecular flexibility index (Phi) is 7.03. The van der Waals surface area contributed by atoms with Crippen LogP contribution in [0.4, 0.5) is 0 Å². The van der Waals surface area contributed by atoms with E-state index in [0.717, 1.165) is 12.8 Å². The summed E-state index contributed by atoms with van der Waals surface area (Å²) >= 11 is 11.6. The molecule has 0 aromatic heterocycles. The van der Waals surface area contributed by atoms with Gasteiger partial charge in [-0.2, -0.15) is 0 Å². The van der Waals surface area contributed by atoms with Crippen LogP contribution in [-0.4, -0.2) is 25.4 Å². The van der Waals surface area contributed by atoms with Crippen LogP contribution in [0, 0.1) is 5.92 Å². The third-order valence-corrected chi connectivity index (χ3v) is 3.59. The number of hydrogen-bond donors (Lipinski definition) is 1. The zero-order valence-corrected chi connectivity index (χ0v) is 12.7. The first-order valence-corrected chi connectivity index (χ1v) is 7.17. The molecule has 1 atom stereocenters. The molecule has 0 bridgehead atoms. The minimum Gasteiger partial charge on any atom is -0.496 e. The number of halogens is 2. The molecule has 0 aliphatic rings. The first kappa shape index (κ1) is 16.1. The molecule has 0 heterocycles. The Morgan fingerprint density at radius 2 is 2.21 bits per heavy atom. The van der Waals surface area contributed by atoms with E-state index in [9.17, 15) is 4.79 Å². The molecule has 0 saturated carbocycles. The maximum Gasteiger partial charge on any atom is 0.255 e. The van der Waals surface area contributed by atoms with Gasteiger partial charge in [-0.15, -0.1) is 11.6 Å². The van der Waals surface area contributed by atoms with E-state index >= 15 is 0 Å². The number of ether oxygens (including phenoxy) is 1. The van der Waals surface area contributed by atoms with Gasteiger partial charge in [-0.3, -0.25) is 4.79 Å². The first-order chi connectivity index (χ1) is 9.08. The van der Waals surface area contributed by atoms with Gasteiger partial charge < -0.3 is 10.1 Å². The second kappa shape index (κ2) is 8.28. The van der Waals surface area contributed by atoms with Gasteiger partial charge in [0.2, 0.25) is 0 Å². The second-order valence-electron chi connectivity index (χ2n) is 4.50. The number of benzene rings is 1. The van der Waals surface area contributed by atoms with E-state index in [0.29, 0.717) is 34.7 Å². The highest BCUT2D eigenvalue weighted by atomic mass is 35.5. The van der Waals surface area contributed by atoms with Crippen LogP contribution in [0.5, 0.6) is 5.75 Å². The van der Waals surface area contributed by atoms with E-state index in [2.05, 4.69) is 12.2 Å². The molecule has 1 N–H and O–H groups in total. The number of hydrogen-bond acceptors (Lipinski definition) is 2. The molecule has 0 radical (unpaired) electrons. The molecule has 19 heavy (non-hydrogen) atoms. The molecule has 0 spiro atoms. The normalized spacial score (nSPS) is 12.0. The average Bonchev–Trinajstić information content (AvgIpc) is 2.42. The van der Waals surface area contributed by atoms with Gasteiger partial charge in [-0.25, -0.2) is 0 Å². The van der Waals surface area contributed by atoms with Crippen LogP contribution in [0.25, 0.3) is 0 Å². The summed E-state index contributed by atoms with van der Waals surface area (Å²) in [4.78, 5) is 12.0. The largest absolute Gasteiger partial charge is 0.496 e. The van der Waals surface area contributed by atoms with Crippen LogP contribution in [0.2, 0.25) is 5.02 Å². The maximum absolute atomic E-state index is 12.0. The zero-order chi connectivity index (χ0) is 14.3.